The first-order valence-electron chi connectivity index (χ1n) is 9.95. The van der Waals surface area contributed by atoms with Crippen molar-refractivity contribution in [2.45, 2.75) is 18.9 Å². The molecule has 1 fully saturated rings. The molecule has 1 saturated heterocycles. The SMILES string of the molecule is CC1(O)COc2cc(N3CCOCC3)c(NC(=O)c3cnn4cccnc34)cc2C1. The Morgan fingerprint density at radius 2 is 2.13 bits per heavy atom. The molecule has 1 amide bonds. The molecule has 2 N–H and O–H groups in total. The summed E-state index contributed by atoms with van der Waals surface area (Å²) < 4.78 is 12.9. The number of ether oxygens (including phenoxy) is 2. The second kappa shape index (κ2) is 7.26. The summed E-state index contributed by atoms with van der Waals surface area (Å²) in [6, 6.07) is 5.60. The van der Waals surface area contributed by atoms with E-state index < -0.39 is 5.60 Å². The van der Waals surface area contributed by atoms with Crippen LogP contribution >= 0.6 is 0 Å². The normalized spacial score (nSPS) is 21.2. The Morgan fingerprint density at radius 1 is 1.30 bits per heavy atom. The lowest BCUT2D eigenvalue weighted by Crippen LogP contribution is -2.39. The third kappa shape index (κ3) is 3.46. The van der Waals surface area contributed by atoms with Gasteiger partial charge < -0.3 is 24.8 Å². The highest BCUT2D eigenvalue weighted by Gasteiger charge is 2.31. The molecule has 30 heavy (non-hydrogen) atoms. The van der Waals surface area contributed by atoms with E-state index in [2.05, 4.69) is 20.3 Å². The molecule has 2 aliphatic heterocycles. The van der Waals surface area contributed by atoms with Crippen LogP contribution in [0.2, 0.25) is 0 Å². The lowest BCUT2D eigenvalue weighted by atomic mass is 9.93. The first-order chi connectivity index (χ1) is 14.5. The standard InChI is InChI=1S/C21H23N5O4/c1-21(28)11-14-9-16(17(10-18(14)30-13-21)25-5-7-29-8-6-25)24-20(27)15-12-23-26-4-2-3-22-19(15)26/h2-4,9-10,12,28H,5-8,11,13H2,1H3,(H,24,27). The summed E-state index contributed by atoms with van der Waals surface area (Å²) >= 11 is 0. The van der Waals surface area contributed by atoms with Crippen molar-refractivity contribution in [1.82, 2.24) is 14.6 Å². The molecule has 1 atom stereocenters. The van der Waals surface area contributed by atoms with Gasteiger partial charge in [-0.3, -0.25) is 4.79 Å². The lowest BCUT2D eigenvalue weighted by molar-refractivity contribution is -0.000566. The molecule has 0 saturated carbocycles. The monoisotopic (exact) mass is 409 g/mol. The molecule has 0 spiro atoms. The van der Waals surface area contributed by atoms with Crippen LogP contribution in [0.3, 0.4) is 0 Å². The lowest BCUT2D eigenvalue weighted by Gasteiger charge is -2.34. The van der Waals surface area contributed by atoms with Gasteiger partial charge in [-0.25, -0.2) is 9.50 Å². The van der Waals surface area contributed by atoms with Gasteiger partial charge in [0.1, 0.15) is 17.9 Å². The largest absolute Gasteiger partial charge is 0.490 e. The number of morpholine rings is 1. The van der Waals surface area contributed by atoms with E-state index in [-0.39, 0.29) is 12.5 Å². The third-order valence-electron chi connectivity index (χ3n) is 5.41. The molecule has 1 aromatic carbocycles. The Balaban J connectivity index is 1.52. The van der Waals surface area contributed by atoms with Gasteiger partial charge in [-0.05, 0) is 24.6 Å². The summed E-state index contributed by atoms with van der Waals surface area (Å²) in [4.78, 5) is 19.5. The van der Waals surface area contributed by atoms with E-state index in [4.69, 9.17) is 9.47 Å². The van der Waals surface area contributed by atoms with Crippen LogP contribution in [-0.2, 0) is 11.2 Å². The highest BCUT2D eigenvalue weighted by Crippen LogP contribution is 2.39. The number of hydrogen-bond acceptors (Lipinski definition) is 7. The number of nitrogens with zero attached hydrogens (tertiary/aromatic N) is 4. The van der Waals surface area contributed by atoms with Gasteiger partial charge >= 0.3 is 0 Å². The van der Waals surface area contributed by atoms with Crippen molar-refractivity contribution < 1.29 is 19.4 Å². The van der Waals surface area contributed by atoms with Crippen molar-refractivity contribution >= 4 is 22.9 Å². The maximum atomic E-state index is 13.1. The van der Waals surface area contributed by atoms with Gasteiger partial charge in [-0.15, -0.1) is 0 Å². The first kappa shape index (κ1) is 18.8. The van der Waals surface area contributed by atoms with Gasteiger partial charge in [0.05, 0.1) is 36.4 Å². The van der Waals surface area contributed by atoms with Crippen molar-refractivity contribution in [2.24, 2.45) is 0 Å². The second-order valence-electron chi connectivity index (χ2n) is 7.94. The van der Waals surface area contributed by atoms with Crippen molar-refractivity contribution in [3.05, 3.63) is 47.9 Å². The van der Waals surface area contributed by atoms with E-state index in [0.29, 0.717) is 36.5 Å². The number of benzene rings is 1. The van der Waals surface area contributed by atoms with Gasteiger partial charge in [-0.1, -0.05) is 0 Å². The summed E-state index contributed by atoms with van der Waals surface area (Å²) in [6.45, 7) is 4.67. The molecule has 2 aliphatic rings. The number of fused-ring (bicyclic) bond motifs is 2. The Labute approximate surface area is 173 Å². The zero-order valence-corrected chi connectivity index (χ0v) is 16.7. The number of aromatic nitrogens is 3. The summed E-state index contributed by atoms with van der Waals surface area (Å²) in [7, 11) is 0. The average Bonchev–Trinajstić information content (AvgIpc) is 3.17. The van der Waals surface area contributed by atoms with Crippen LogP contribution in [0.4, 0.5) is 11.4 Å². The predicted octanol–water partition coefficient (Wildman–Crippen LogP) is 1.50. The average molecular weight is 409 g/mol. The first-order valence-corrected chi connectivity index (χ1v) is 9.95. The number of hydrogen-bond donors (Lipinski definition) is 2. The number of rotatable bonds is 3. The Bertz CT molecular complexity index is 1100. The van der Waals surface area contributed by atoms with E-state index in [1.54, 1.807) is 29.9 Å². The molecule has 3 aromatic rings. The summed E-state index contributed by atoms with van der Waals surface area (Å²) in [6.07, 6.45) is 5.34. The highest BCUT2D eigenvalue weighted by atomic mass is 16.5. The minimum atomic E-state index is -0.943. The molecule has 2 aromatic heterocycles. The maximum absolute atomic E-state index is 13.1. The molecule has 156 valence electrons. The minimum absolute atomic E-state index is 0.238. The molecule has 1 unspecified atom stereocenters. The fraction of sp³-hybridized carbons (Fsp3) is 0.381. The van der Waals surface area contributed by atoms with E-state index in [9.17, 15) is 9.90 Å². The van der Waals surface area contributed by atoms with E-state index >= 15 is 0 Å². The Kier molecular flexibility index (Phi) is 4.56. The number of aliphatic hydroxyl groups is 1. The van der Waals surface area contributed by atoms with Crippen LogP contribution in [0.25, 0.3) is 5.65 Å². The molecule has 9 heteroatoms. The van der Waals surface area contributed by atoms with Gasteiger partial charge in [-0.2, -0.15) is 5.10 Å². The predicted molar refractivity (Wildman–Crippen MR) is 110 cm³/mol. The Morgan fingerprint density at radius 3 is 2.97 bits per heavy atom. The van der Waals surface area contributed by atoms with E-state index in [0.717, 1.165) is 30.1 Å². The summed E-state index contributed by atoms with van der Waals surface area (Å²) in [5, 5.41) is 17.6. The van der Waals surface area contributed by atoms with Gasteiger partial charge in [0, 0.05) is 38.0 Å². The fourth-order valence-corrected chi connectivity index (χ4v) is 3.92. The van der Waals surface area contributed by atoms with Crippen LogP contribution in [0, 0.1) is 0 Å². The number of nitrogens with one attached hydrogen (secondary N) is 1. The second-order valence-corrected chi connectivity index (χ2v) is 7.94. The van der Waals surface area contributed by atoms with Crippen LogP contribution in [0.1, 0.15) is 22.8 Å². The molecule has 5 rings (SSSR count). The zero-order chi connectivity index (χ0) is 20.7. The van der Waals surface area contributed by atoms with Crippen molar-refractivity contribution in [2.75, 3.05) is 43.1 Å². The molecule has 9 nitrogen and oxygen atoms in total. The zero-order valence-electron chi connectivity index (χ0n) is 16.7. The quantitative estimate of drug-likeness (QED) is 0.676. The number of anilines is 2. The number of amides is 1. The van der Waals surface area contributed by atoms with Crippen molar-refractivity contribution in [1.29, 1.82) is 0 Å². The Hall–Kier alpha value is -3.17. The summed E-state index contributed by atoms with van der Waals surface area (Å²) in [5.41, 5.74) is 2.34. The van der Waals surface area contributed by atoms with Crippen LogP contribution < -0.4 is 15.0 Å². The van der Waals surface area contributed by atoms with E-state index in [1.807, 2.05) is 12.1 Å². The molecular weight excluding hydrogens is 386 g/mol. The van der Waals surface area contributed by atoms with Gasteiger partial charge in [0.2, 0.25) is 0 Å². The fourth-order valence-electron chi connectivity index (χ4n) is 3.92. The highest BCUT2D eigenvalue weighted by molar-refractivity contribution is 6.09. The van der Waals surface area contributed by atoms with Crippen LogP contribution in [0.5, 0.6) is 5.75 Å². The molecule has 0 radical (unpaired) electrons. The maximum Gasteiger partial charge on any atom is 0.261 e. The van der Waals surface area contributed by atoms with Crippen LogP contribution in [0.15, 0.2) is 36.8 Å². The van der Waals surface area contributed by atoms with Crippen LogP contribution in [-0.4, -0.2) is 64.1 Å². The molecule has 0 aliphatic carbocycles. The van der Waals surface area contributed by atoms with Gasteiger partial charge in [0.15, 0.2) is 5.65 Å². The molecular formula is C21H23N5O4. The summed E-state index contributed by atoms with van der Waals surface area (Å²) in [5.74, 6) is 0.445. The molecule has 0 bridgehead atoms. The number of carbonyl (C=O) groups excluding carboxylic acids is 1. The topological polar surface area (TPSA) is 101 Å². The van der Waals surface area contributed by atoms with E-state index in [1.165, 1.54) is 6.20 Å². The van der Waals surface area contributed by atoms with Gasteiger partial charge in [0.25, 0.3) is 5.91 Å². The molecule has 4 heterocycles. The van der Waals surface area contributed by atoms with Crippen molar-refractivity contribution in [3.63, 3.8) is 0 Å². The number of carbonyl (C=O) groups is 1. The van der Waals surface area contributed by atoms with Crippen molar-refractivity contribution in [3.8, 4) is 5.75 Å². The third-order valence-corrected chi connectivity index (χ3v) is 5.41. The minimum Gasteiger partial charge on any atom is -0.490 e. The smallest absolute Gasteiger partial charge is 0.261 e.